The van der Waals surface area contributed by atoms with Crippen molar-refractivity contribution in [3.8, 4) is 0 Å². The summed E-state index contributed by atoms with van der Waals surface area (Å²) in [6, 6.07) is 4.14. The smallest absolute Gasteiger partial charge is 0.234 e. The third-order valence-corrected chi connectivity index (χ3v) is 4.47. The minimum absolute atomic E-state index is 0.0183. The van der Waals surface area contributed by atoms with Crippen molar-refractivity contribution in [1.29, 1.82) is 0 Å². The van der Waals surface area contributed by atoms with Gasteiger partial charge in [0.1, 0.15) is 5.51 Å². The lowest BCUT2D eigenvalue weighted by Crippen LogP contribution is -2.15. The largest absolute Gasteiger partial charge is 0.325 e. The van der Waals surface area contributed by atoms with Gasteiger partial charge in [-0.05, 0) is 31.9 Å². The highest BCUT2D eigenvalue weighted by Gasteiger charge is 2.09. The molecule has 100 valence electrons. The van der Waals surface area contributed by atoms with Crippen molar-refractivity contribution in [1.82, 2.24) is 10.2 Å². The van der Waals surface area contributed by atoms with E-state index in [-0.39, 0.29) is 5.91 Å². The molecule has 0 aliphatic rings. The van der Waals surface area contributed by atoms with E-state index >= 15 is 0 Å². The van der Waals surface area contributed by atoms with Crippen LogP contribution >= 0.6 is 23.1 Å². The summed E-state index contributed by atoms with van der Waals surface area (Å²) in [5.41, 5.74) is 5.96. The van der Waals surface area contributed by atoms with Crippen LogP contribution in [0, 0.1) is 20.8 Å². The SMILES string of the molecule is Cc1cc(C)c(NC(=O)CSc2nncs2)c(C)c1. The average Bonchev–Trinajstić information content (AvgIpc) is 2.84. The van der Waals surface area contributed by atoms with Gasteiger partial charge in [-0.2, -0.15) is 0 Å². The number of thioether (sulfide) groups is 1. The minimum Gasteiger partial charge on any atom is -0.325 e. The van der Waals surface area contributed by atoms with E-state index in [2.05, 4.69) is 34.6 Å². The number of hydrogen-bond donors (Lipinski definition) is 1. The molecule has 2 rings (SSSR count). The van der Waals surface area contributed by atoms with E-state index in [1.807, 2.05) is 13.8 Å². The Labute approximate surface area is 120 Å². The van der Waals surface area contributed by atoms with E-state index in [9.17, 15) is 4.79 Å². The second kappa shape index (κ2) is 6.16. The molecule has 0 saturated heterocycles. The Morgan fingerprint density at radius 3 is 2.58 bits per heavy atom. The van der Waals surface area contributed by atoms with E-state index < -0.39 is 0 Å². The highest BCUT2D eigenvalue weighted by molar-refractivity contribution is 8.01. The normalized spacial score (nSPS) is 10.5. The summed E-state index contributed by atoms with van der Waals surface area (Å²) >= 11 is 2.84. The van der Waals surface area contributed by atoms with Crippen LogP contribution in [0.3, 0.4) is 0 Å². The predicted molar refractivity (Wildman–Crippen MR) is 79.9 cm³/mol. The van der Waals surface area contributed by atoms with Crippen molar-refractivity contribution in [2.45, 2.75) is 25.1 Å². The molecule has 0 spiro atoms. The van der Waals surface area contributed by atoms with Crippen molar-refractivity contribution in [3.05, 3.63) is 34.3 Å². The molecule has 4 nitrogen and oxygen atoms in total. The van der Waals surface area contributed by atoms with Crippen molar-refractivity contribution >= 4 is 34.7 Å². The molecule has 2 aromatic rings. The van der Waals surface area contributed by atoms with Crippen LogP contribution in [-0.4, -0.2) is 21.9 Å². The molecule has 0 atom stereocenters. The van der Waals surface area contributed by atoms with Crippen molar-refractivity contribution in [3.63, 3.8) is 0 Å². The molecular formula is C13H15N3OS2. The number of amides is 1. The van der Waals surface area contributed by atoms with Crippen molar-refractivity contribution < 1.29 is 4.79 Å². The maximum absolute atomic E-state index is 11.9. The maximum Gasteiger partial charge on any atom is 0.234 e. The van der Waals surface area contributed by atoms with Gasteiger partial charge in [0.15, 0.2) is 4.34 Å². The van der Waals surface area contributed by atoms with Gasteiger partial charge >= 0.3 is 0 Å². The number of aromatic nitrogens is 2. The lowest BCUT2D eigenvalue weighted by molar-refractivity contribution is -0.113. The highest BCUT2D eigenvalue weighted by Crippen LogP contribution is 2.23. The molecule has 1 heterocycles. The molecule has 1 N–H and O–H groups in total. The molecule has 0 saturated carbocycles. The number of hydrogen-bond acceptors (Lipinski definition) is 5. The average molecular weight is 293 g/mol. The van der Waals surface area contributed by atoms with Gasteiger partial charge in [-0.25, -0.2) is 0 Å². The van der Waals surface area contributed by atoms with Gasteiger partial charge in [0.05, 0.1) is 5.75 Å². The summed E-state index contributed by atoms with van der Waals surface area (Å²) in [6.07, 6.45) is 0. The van der Waals surface area contributed by atoms with Gasteiger partial charge in [-0.15, -0.1) is 10.2 Å². The van der Waals surface area contributed by atoms with E-state index in [0.717, 1.165) is 21.2 Å². The zero-order valence-corrected chi connectivity index (χ0v) is 12.7. The minimum atomic E-state index is -0.0183. The quantitative estimate of drug-likeness (QED) is 0.880. The van der Waals surface area contributed by atoms with Crippen LogP contribution in [0.25, 0.3) is 0 Å². The second-order valence-corrected chi connectivity index (χ2v) is 6.37. The zero-order valence-electron chi connectivity index (χ0n) is 11.1. The van der Waals surface area contributed by atoms with Crippen LogP contribution < -0.4 is 5.32 Å². The third kappa shape index (κ3) is 3.78. The highest BCUT2D eigenvalue weighted by atomic mass is 32.2. The van der Waals surface area contributed by atoms with E-state index in [4.69, 9.17) is 0 Å². The number of aryl methyl sites for hydroxylation is 3. The fourth-order valence-electron chi connectivity index (χ4n) is 1.91. The molecule has 0 aliphatic carbocycles. The second-order valence-electron chi connectivity index (χ2n) is 4.32. The fraction of sp³-hybridized carbons (Fsp3) is 0.308. The standard InChI is InChI=1S/C13H15N3OS2/c1-8-4-9(2)12(10(3)5-8)15-11(17)6-18-13-16-14-7-19-13/h4-5,7H,6H2,1-3H3,(H,15,17). The molecule has 1 aromatic carbocycles. The number of carbonyl (C=O) groups is 1. The van der Waals surface area contributed by atoms with Crippen LogP contribution in [0.1, 0.15) is 16.7 Å². The van der Waals surface area contributed by atoms with E-state index in [0.29, 0.717) is 5.75 Å². The summed E-state index contributed by atoms with van der Waals surface area (Å²) in [7, 11) is 0. The van der Waals surface area contributed by atoms with Gasteiger partial charge in [0.2, 0.25) is 5.91 Å². The summed E-state index contributed by atoms with van der Waals surface area (Å²) < 4.78 is 0.813. The maximum atomic E-state index is 11.9. The van der Waals surface area contributed by atoms with E-state index in [1.165, 1.54) is 28.7 Å². The van der Waals surface area contributed by atoms with Crippen LogP contribution in [0.4, 0.5) is 5.69 Å². The first-order valence-corrected chi connectivity index (χ1v) is 7.69. The molecule has 6 heteroatoms. The number of anilines is 1. The van der Waals surface area contributed by atoms with Crippen molar-refractivity contribution in [2.75, 3.05) is 11.1 Å². The molecule has 0 unspecified atom stereocenters. The first-order valence-electron chi connectivity index (χ1n) is 5.83. The lowest BCUT2D eigenvalue weighted by Gasteiger charge is -2.12. The third-order valence-electron chi connectivity index (χ3n) is 2.61. The van der Waals surface area contributed by atoms with Crippen molar-refractivity contribution in [2.24, 2.45) is 0 Å². The van der Waals surface area contributed by atoms with Crippen LogP contribution in [-0.2, 0) is 4.79 Å². The Hall–Kier alpha value is -1.40. The molecule has 0 aliphatic heterocycles. The Morgan fingerprint density at radius 1 is 1.32 bits per heavy atom. The molecule has 0 radical (unpaired) electrons. The summed E-state index contributed by atoms with van der Waals surface area (Å²) in [6.45, 7) is 6.07. The summed E-state index contributed by atoms with van der Waals surface area (Å²) in [5, 5.41) is 10.6. The number of nitrogens with zero attached hydrogens (tertiary/aromatic N) is 2. The number of carbonyl (C=O) groups excluding carboxylic acids is 1. The fourth-order valence-corrected chi connectivity index (χ4v) is 3.19. The Balaban J connectivity index is 1.99. The Morgan fingerprint density at radius 2 is 2.00 bits per heavy atom. The Kier molecular flexibility index (Phi) is 4.55. The topological polar surface area (TPSA) is 54.9 Å². The predicted octanol–water partition coefficient (Wildman–Crippen LogP) is 3.19. The van der Waals surface area contributed by atoms with Gasteiger partial charge in [0, 0.05) is 5.69 Å². The zero-order chi connectivity index (χ0) is 13.8. The van der Waals surface area contributed by atoms with Gasteiger partial charge in [0.25, 0.3) is 0 Å². The molecule has 0 fully saturated rings. The van der Waals surface area contributed by atoms with Gasteiger partial charge < -0.3 is 5.32 Å². The van der Waals surface area contributed by atoms with E-state index in [1.54, 1.807) is 5.51 Å². The first-order chi connectivity index (χ1) is 9.06. The van der Waals surface area contributed by atoms with Gasteiger partial charge in [-0.1, -0.05) is 40.8 Å². The first kappa shape index (κ1) is 14.0. The van der Waals surface area contributed by atoms with Gasteiger partial charge in [-0.3, -0.25) is 4.79 Å². The number of benzene rings is 1. The van der Waals surface area contributed by atoms with Crippen LogP contribution in [0.2, 0.25) is 0 Å². The summed E-state index contributed by atoms with van der Waals surface area (Å²) in [5.74, 6) is 0.331. The molecule has 19 heavy (non-hydrogen) atoms. The lowest BCUT2D eigenvalue weighted by atomic mass is 10.1. The molecule has 1 amide bonds. The molecule has 0 bridgehead atoms. The summed E-state index contributed by atoms with van der Waals surface area (Å²) in [4.78, 5) is 11.9. The monoisotopic (exact) mass is 293 g/mol. The van der Waals surface area contributed by atoms with Crippen LogP contribution in [0.15, 0.2) is 22.0 Å². The number of rotatable bonds is 4. The number of nitrogens with one attached hydrogen (secondary N) is 1. The molecule has 1 aromatic heterocycles. The Bertz CT molecular complexity index is 559. The van der Waals surface area contributed by atoms with Crippen LogP contribution in [0.5, 0.6) is 0 Å². The molecular weight excluding hydrogens is 278 g/mol.